The third-order valence-electron chi connectivity index (χ3n) is 1.89. The summed E-state index contributed by atoms with van der Waals surface area (Å²) in [6, 6.07) is 4.03. The van der Waals surface area contributed by atoms with E-state index in [1.165, 1.54) is 29.5 Å². The molecule has 2 aromatic rings. The molecule has 0 saturated carbocycles. The van der Waals surface area contributed by atoms with E-state index in [0.29, 0.717) is 11.3 Å². The normalized spacial score (nSPS) is 11.5. The lowest BCUT2D eigenvalue weighted by molar-refractivity contribution is -0.274. The smallest absolute Gasteiger partial charge is 0.404 e. The lowest BCUT2D eigenvalue weighted by Crippen LogP contribution is -2.17. The maximum atomic E-state index is 12.0. The minimum absolute atomic E-state index is 0.104. The molecular formula is C10H5ClF3NOS. The zero-order valence-corrected chi connectivity index (χ0v) is 9.73. The van der Waals surface area contributed by atoms with Gasteiger partial charge < -0.3 is 4.74 Å². The molecule has 0 bridgehead atoms. The highest BCUT2D eigenvalue weighted by molar-refractivity contribution is 7.07. The van der Waals surface area contributed by atoms with Gasteiger partial charge in [-0.3, -0.25) is 0 Å². The van der Waals surface area contributed by atoms with Crippen molar-refractivity contribution < 1.29 is 17.9 Å². The molecule has 0 aliphatic carbocycles. The van der Waals surface area contributed by atoms with Gasteiger partial charge in [-0.15, -0.1) is 24.5 Å². The molecule has 0 atom stereocenters. The first-order chi connectivity index (χ1) is 7.96. The van der Waals surface area contributed by atoms with Gasteiger partial charge in [0.1, 0.15) is 5.75 Å². The van der Waals surface area contributed by atoms with Gasteiger partial charge >= 0.3 is 6.36 Å². The second-order valence-electron chi connectivity index (χ2n) is 3.07. The number of hydrogen-bond donors (Lipinski definition) is 0. The lowest BCUT2D eigenvalue weighted by atomic mass is 10.2. The maximum absolute atomic E-state index is 12.0. The van der Waals surface area contributed by atoms with Gasteiger partial charge in [0.15, 0.2) is 0 Å². The number of ether oxygens (including phenoxy) is 1. The Labute approximate surface area is 104 Å². The van der Waals surface area contributed by atoms with Gasteiger partial charge in [0.05, 0.1) is 16.2 Å². The van der Waals surface area contributed by atoms with E-state index in [9.17, 15) is 13.2 Å². The number of aromatic nitrogens is 1. The van der Waals surface area contributed by atoms with Crippen molar-refractivity contribution in [1.29, 1.82) is 0 Å². The van der Waals surface area contributed by atoms with Gasteiger partial charge in [-0.2, -0.15) is 0 Å². The summed E-state index contributed by atoms with van der Waals surface area (Å²) in [5.74, 6) is -0.418. The second-order valence-corrected chi connectivity index (χ2v) is 4.19. The molecule has 0 N–H and O–H groups in total. The zero-order valence-electron chi connectivity index (χ0n) is 8.16. The number of nitrogens with zero attached hydrogens (tertiary/aromatic N) is 1. The largest absolute Gasteiger partial charge is 0.573 e. The van der Waals surface area contributed by atoms with Gasteiger partial charge in [-0.25, -0.2) is 4.98 Å². The van der Waals surface area contributed by atoms with Crippen molar-refractivity contribution in [3.05, 3.63) is 34.1 Å². The van der Waals surface area contributed by atoms with Crippen LogP contribution in [0, 0.1) is 0 Å². The zero-order chi connectivity index (χ0) is 12.5. The maximum Gasteiger partial charge on any atom is 0.573 e. The number of halogens is 4. The van der Waals surface area contributed by atoms with Crippen LogP contribution in [0.4, 0.5) is 13.2 Å². The fourth-order valence-corrected chi connectivity index (χ4v) is 2.00. The molecule has 2 rings (SSSR count). The van der Waals surface area contributed by atoms with Crippen LogP contribution in [0.1, 0.15) is 0 Å². The molecule has 1 aromatic heterocycles. The summed E-state index contributed by atoms with van der Waals surface area (Å²) in [5, 5.41) is 1.67. The number of rotatable bonds is 2. The number of benzene rings is 1. The summed E-state index contributed by atoms with van der Waals surface area (Å²) >= 11 is 7.09. The Morgan fingerprint density at radius 1 is 1.29 bits per heavy atom. The first-order valence-corrected chi connectivity index (χ1v) is 5.71. The van der Waals surface area contributed by atoms with Crippen molar-refractivity contribution >= 4 is 22.9 Å². The summed E-state index contributed by atoms with van der Waals surface area (Å²) in [7, 11) is 0. The standard InChI is InChI=1S/C10H5ClF3NOS/c11-7-3-6(8-4-17-5-15-8)1-2-9(7)16-10(12,13)14/h1-5H. The van der Waals surface area contributed by atoms with E-state index >= 15 is 0 Å². The molecule has 2 nitrogen and oxygen atoms in total. The van der Waals surface area contributed by atoms with Gasteiger partial charge in [0.25, 0.3) is 0 Å². The molecule has 0 saturated heterocycles. The Hall–Kier alpha value is -1.27. The lowest BCUT2D eigenvalue weighted by Gasteiger charge is -2.10. The predicted octanol–water partition coefficient (Wildman–Crippen LogP) is 4.36. The molecule has 1 aromatic carbocycles. The van der Waals surface area contributed by atoms with E-state index in [-0.39, 0.29) is 5.02 Å². The van der Waals surface area contributed by atoms with E-state index in [2.05, 4.69) is 9.72 Å². The van der Waals surface area contributed by atoms with Gasteiger partial charge in [0.2, 0.25) is 0 Å². The molecule has 0 fully saturated rings. The first kappa shape index (κ1) is 12.2. The van der Waals surface area contributed by atoms with Crippen LogP contribution in [-0.2, 0) is 0 Å². The fraction of sp³-hybridized carbons (Fsp3) is 0.100. The van der Waals surface area contributed by atoms with Crippen LogP contribution in [0.2, 0.25) is 5.02 Å². The van der Waals surface area contributed by atoms with Crippen molar-refractivity contribution in [2.24, 2.45) is 0 Å². The third kappa shape index (κ3) is 3.10. The Morgan fingerprint density at radius 3 is 2.59 bits per heavy atom. The topological polar surface area (TPSA) is 22.1 Å². The first-order valence-electron chi connectivity index (χ1n) is 4.39. The van der Waals surface area contributed by atoms with Crippen LogP contribution in [0.5, 0.6) is 5.75 Å². The molecule has 90 valence electrons. The van der Waals surface area contributed by atoms with E-state index in [1.54, 1.807) is 10.9 Å². The van der Waals surface area contributed by atoms with E-state index in [0.717, 1.165) is 0 Å². The average molecular weight is 280 g/mol. The van der Waals surface area contributed by atoms with E-state index < -0.39 is 12.1 Å². The third-order valence-corrected chi connectivity index (χ3v) is 2.77. The minimum Gasteiger partial charge on any atom is -0.404 e. The quantitative estimate of drug-likeness (QED) is 0.815. The summed E-state index contributed by atoms with van der Waals surface area (Å²) in [5.41, 5.74) is 2.94. The molecular weight excluding hydrogens is 275 g/mol. The van der Waals surface area contributed by atoms with Gasteiger partial charge in [-0.05, 0) is 18.2 Å². The monoisotopic (exact) mass is 279 g/mol. The molecule has 0 aliphatic rings. The summed E-state index contributed by atoms with van der Waals surface area (Å²) in [6.45, 7) is 0. The molecule has 0 unspecified atom stereocenters. The summed E-state index contributed by atoms with van der Waals surface area (Å²) in [4.78, 5) is 4.03. The molecule has 0 amide bonds. The van der Waals surface area contributed by atoms with Crippen molar-refractivity contribution in [2.75, 3.05) is 0 Å². The van der Waals surface area contributed by atoms with Crippen LogP contribution in [0.25, 0.3) is 11.3 Å². The summed E-state index contributed by atoms with van der Waals surface area (Å²) < 4.78 is 39.8. The molecule has 0 radical (unpaired) electrons. The highest BCUT2D eigenvalue weighted by Gasteiger charge is 2.32. The second kappa shape index (κ2) is 4.54. The average Bonchev–Trinajstić information content (AvgIpc) is 2.72. The Kier molecular flexibility index (Phi) is 3.26. The van der Waals surface area contributed by atoms with Gasteiger partial charge in [0, 0.05) is 10.9 Å². The number of thiazole rings is 1. The molecule has 0 spiro atoms. The number of alkyl halides is 3. The molecule has 7 heteroatoms. The van der Waals surface area contributed by atoms with Crippen LogP contribution in [0.3, 0.4) is 0 Å². The van der Waals surface area contributed by atoms with Gasteiger partial charge in [-0.1, -0.05) is 11.6 Å². The Bertz CT molecular complexity index is 513. The van der Waals surface area contributed by atoms with Crippen molar-refractivity contribution in [3.63, 3.8) is 0 Å². The Morgan fingerprint density at radius 2 is 2.06 bits per heavy atom. The van der Waals surface area contributed by atoms with E-state index in [4.69, 9.17) is 11.6 Å². The fourth-order valence-electron chi connectivity index (χ4n) is 1.22. The van der Waals surface area contributed by atoms with Crippen molar-refractivity contribution in [3.8, 4) is 17.0 Å². The van der Waals surface area contributed by atoms with Crippen molar-refractivity contribution in [1.82, 2.24) is 4.98 Å². The van der Waals surface area contributed by atoms with Crippen LogP contribution < -0.4 is 4.74 Å². The van der Waals surface area contributed by atoms with Crippen LogP contribution >= 0.6 is 22.9 Å². The molecule has 0 aliphatic heterocycles. The Balaban J connectivity index is 2.29. The highest BCUT2D eigenvalue weighted by atomic mass is 35.5. The predicted molar refractivity (Wildman–Crippen MR) is 59.2 cm³/mol. The molecule has 1 heterocycles. The van der Waals surface area contributed by atoms with Crippen LogP contribution in [-0.4, -0.2) is 11.3 Å². The van der Waals surface area contributed by atoms with E-state index in [1.807, 2.05) is 0 Å². The highest BCUT2D eigenvalue weighted by Crippen LogP contribution is 2.33. The summed E-state index contributed by atoms with van der Waals surface area (Å²) in [6.07, 6.45) is -4.74. The molecule has 17 heavy (non-hydrogen) atoms. The van der Waals surface area contributed by atoms with Crippen molar-refractivity contribution in [2.45, 2.75) is 6.36 Å². The SMILES string of the molecule is FC(F)(F)Oc1ccc(-c2cscn2)cc1Cl. The minimum atomic E-state index is -4.74. The van der Waals surface area contributed by atoms with Crippen LogP contribution in [0.15, 0.2) is 29.1 Å². The number of hydrogen-bond acceptors (Lipinski definition) is 3.